The molecule has 0 spiro atoms. The molecule has 0 fully saturated rings. The van der Waals surface area contributed by atoms with Crippen LogP contribution >= 0.6 is 0 Å². The Morgan fingerprint density at radius 3 is 2.19 bits per heavy atom. The molecule has 0 aromatic rings. The molecule has 0 amide bonds. The summed E-state index contributed by atoms with van der Waals surface area (Å²) in [5.41, 5.74) is 4.99. The predicted octanol–water partition coefficient (Wildman–Crippen LogP) is -4.65. The van der Waals surface area contributed by atoms with E-state index in [1.165, 1.54) is 0 Å². The Kier molecular flexibility index (Phi) is 11.7. The number of hydrogen-bond acceptors (Lipinski definition) is 8. The zero-order chi connectivity index (χ0) is 11.4. The number of carbonyl (C=O) groups is 2. The Hall–Kier alpha value is -0.230. The second-order valence-electron chi connectivity index (χ2n) is 2.35. The molecule has 0 aliphatic rings. The van der Waals surface area contributed by atoms with Gasteiger partial charge >= 0.3 is 41.5 Å². The number of carbonyl (C=O) groups excluding carboxylic acids is 1. The second-order valence-corrected chi connectivity index (χ2v) is 3.33. The number of hydrogen-bond donors (Lipinski definition) is 3. The summed E-state index contributed by atoms with van der Waals surface area (Å²) in [6.07, 6.45) is -0.849. The SMILES string of the molecule is N.N[C@@H](CCC(=O)OS(=O)(=O)[O-])C(=O)O.[Na+]. The first-order valence-electron chi connectivity index (χ1n) is 3.39. The van der Waals surface area contributed by atoms with Crippen LogP contribution in [0.1, 0.15) is 12.8 Å². The van der Waals surface area contributed by atoms with Crippen molar-refractivity contribution in [2.75, 3.05) is 0 Å². The monoisotopic (exact) mass is 266 g/mol. The topological polar surface area (TPSA) is 182 Å². The smallest absolute Gasteiger partial charge is 0.716 e. The summed E-state index contributed by atoms with van der Waals surface area (Å²) in [6.45, 7) is 0. The summed E-state index contributed by atoms with van der Waals surface area (Å²) < 4.78 is 33.0. The molecule has 16 heavy (non-hydrogen) atoms. The minimum atomic E-state index is -5.08. The van der Waals surface area contributed by atoms with E-state index in [9.17, 15) is 22.6 Å². The van der Waals surface area contributed by atoms with Crippen LogP contribution in [0.15, 0.2) is 0 Å². The average molecular weight is 266 g/mol. The van der Waals surface area contributed by atoms with Crippen molar-refractivity contribution < 1.29 is 61.4 Å². The van der Waals surface area contributed by atoms with Gasteiger partial charge in [-0.3, -0.25) is 9.59 Å². The van der Waals surface area contributed by atoms with Crippen molar-refractivity contribution in [2.45, 2.75) is 18.9 Å². The molecule has 0 radical (unpaired) electrons. The molecule has 0 aromatic carbocycles. The summed E-state index contributed by atoms with van der Waals surface area (Å²) in [5, 5.41) is 8.27. The normalized spacial score (nSPS) is 11.6. The quantitative estimate of drug-likeness (QED) is 0.250. The molecule has 0 rings (SSSR count). The molecule has 11 heteroatoms. The Bertz CT molecular complexity index is 330. The van der Waals surface area contributed by atoms with E-state index in [1.807, 2.05) is 0 Å². The van der Waals surface area contributed by atoms with Gasteiger partial charge < -0.3 is 25.7 Å². The maximum Gasteiger partial charge on any atom is 1.00 e. The van der Waals surface area contributed by atoms with Gasteiger partial charge in [0, 0.05) is 6.42 Å². The first kappa shape index (κ1) is 21.1. The fourth-order valence-electron chi connectivity index (χ4n) is 0.552. The van der Waals surface area contributed by atoms with Crippen molar-refractivity contribution in [2.24, 2.45) is 5.73 Å². The van der Waals surface area contributed by atoms with Crippen molar-refractivity contribution in [3.63, 3.8) is 0 Å². The molecule has 0 aromatic heterocycles. The van der Waals surface area contributed by atoms with Crippen LogP contribution in [-0.2, 0) is 24.2 Å². The van der Waals surface area contributed by atoms with Crippen molar-refractivity contribution >= 4 is 22.3 Å². The van der Waals surface area contributed by atoms with Crippen LogP contribution in [0, 0.1) is 0 Å². The fourth-order valence-corrected chi connectivity index (χ4v) is 0.863. The molecular weight excluding hydrogens is 255 g/mol. The molecule has 90 valence electrons. The van der Waals surface area contributed by atoms with E-state index in [0.717, 1.165) is 0 Å². The third-order valence-corrected chi connectivity index (χ3v) is 1.56. The zero-order valence-electron chi connectivity index (χ0n) is 8.58. The van der Waals surface area contributed by atoms with E-state index in [4.69, 9.17) is 10.8 Å². The maximum absolute atomic E-state index is 10.5. The molecule has 1 atom stereocenters. The van der Waals surface area contributed by atoms with Crippen molar-refractivity contribution in [3.05, 3.63) is 0 Å². The van der Waals surface area contributed by atoms with E-state index in [2.05, 4.69) is 4.18 Å². The van der Waals surface area contributed by atoms with Gasteiger partial charge in [0.25, 0.3) is 10.4 Å². The van der Waals surface area contributed by atoms with Crippen LogP contribution in [-0.4, -0.2) is 36.1 Å². The number of nitrogens with two attached hydrogens (primary N) is 1. The summed E-state index contributed by atoms with van der Waals surface area (Å²) in [6, 6.07) is -1.29. The summed E-state index contributed by atoms with van der Waals surface area (Å²) >= 11 is 0. The first-order valence-corrected chi connectivity index (χ1v) is 4.72. The summed E-state index contributed by atoms with van der Waals surface area (Å²) in [5.74, 6) is -2.65. The van der Waals surface area contributed by atoms with Gasteiger partial charge in [0.2, 0.25) is 0 Å². The fraction of sp³-hybridized carbons (Fsp3) is 0.600. The van der Waals surface area contributed by atoms with Crippen LogP contribution < -0.4 is 41.4 Å². The molecule has 0 aliphatic carbocycles. The molecule has 6 N–H and O–H groups in total. The van der Waals surface area contributed by atoms with Gasteiger partial charge in [0.1, 0.15) is 6.04 Å². The Morgan fingerprint density at radius 2 is 1.88 bits per heavy atom. The van der Waals surface area contributed by atoms with E-state index in [1.54, 1.807) is 0 Å². The van der Waals surface area contributed by atoms with Gasteiger partial charge in [-0.05, 0) is 6.42 Å². The van der Waals surface area contributed by atoms with Crippen LogP contribution in [0.2, 0.25) is 0 Å². The molecule has 0 saturated carbocycles. The molecule has 0 heterocycles. The number of aliphatic carboxylic acids is 1. The average Bonchev–Trinajstić information content (AvgIpc) is 1.96. The van der Waals surface area contributed by atoms with Crippen LogP contribution in [0.4, 0.5) is 0 Å². The van der Waals surface area contributed by atoms with Crippen molar-refractivity contribution in [1.82, 2.24) is 6.15 Å². The molecule has 0 saturated heterocycles. The molecule has 0 bridgehead atoms. The number of rotatable bonds is 5. The van der Waals surface area contributed by atoms with Gasteiger partial charge in [0.05, 0.1) is 0 Å². The van der Waals surface area contributed by atoms with Gasteiger partial charge in [0.15, 0.2) is 0 Å². The van der Waals surface area contributed by atoms with Crippen molar-refractivity contribution in [1.29, 1.82) is 0 Å². The van der Waals surface area contributed by atoms with Gasteiger partial charge in [-0.2, -0.15) is 0 Å². The molecular formula is C5H11N2NaO7S. The summed E-state index contributed by atoms with van der Waals surface area (Å²) in [4.78, 5) is 20.7. The number of carboxylic acid groups (broad SMARTS) is 1. The standard InChI is InChI=1S/C5H9NO7S.H3N.Na/c6-3(5(8)9)1-2-4(7)13-14(10,11)12;;/h3H,1-2,6H2,(H,8,9)(H,10,11,12);1H3;/q;;+1/p-1/t3-;;/m0../s1. The van der Waals surface area contributed by atoms with Crippen LogP contribution in [0.25, 0.3) is 0 Å². The van der Waals surface area contributed by atoms with Crippen LogP contribution in [0.5, 0.6) is 0 Å². The van der Waals surface area contributed by atoms with Gasteiger partial charge in [-0.1, -0.05) is 0 Å². The van der Waals surface area contributed by atoms with Gasteiger partial charge in [-0.15, -0.1) is 0 Å². The number of carboxylic acids is 1. The van der Waals surface area contributed by atoms with E-state index in [0.29, 0.717) is 0 Å². The third-order valence-electron chi connectivity index (χ3n) is 1.17. The molecule has 9 nitrogen and oxygen atoms in total. The van der Waals surface area contributed by atoms with E-state index < -0.39 is 34.8 Å². The first-order chi connectivity index (χ1) is 6.22. The Balaban J connectivity index is -0.000000845. The minimum Gasteiger partial charge on any atom is -0.716 e. The zero-order valence-corrected chi connectivity index (χ0v) is 11.4. The largest absolute Gasteiger partial charge is 1.00 e. The van der Waals surface area contributed by atoms with Gasteiger partial charge in [-0.25, -0.2) is 8.42 Å². The minimum absolute atomic E-state index is 0. The Labute approximate surface area is 114 Å². The Morgan fingerprint density at radius 1 is 1.44 bits per heavy atom. The second kappa shape index (κ2) is 8.87. The maximum atomic E-state index is 10.5. The predicted molar refractivity (Wildman–Crippen MR) is 45.7 cm³/mol. The third kappa shape index (κ3) is 11.8. The van der Waals surface area contributed by atoms with E-state index in [-0.39, 0.29) is 42.1 Å². The summed E-state index contributed by atoms with van der Waals surface area (Å²) in [7, 11) is -5.08. The molecule has 0 aliphatic heterocycles. The molecule has 0 unspecified atom stereocenters. The van der Waals surface area contributed by atoms with Crippen molar-refractivity contribution in [3.8, 4) is 0 Å². The van der Waals surface area contributed by atoms with E-state index >= 15 is 0 Å². The van der Waals surface area contributed by atoms with Crippen LogP contribution in [0.3, 0.4) is 0 Å².